The number of rotatable bonds is 13. The summed E-state index contributed by atoms with van der Waals surface area (Å²) in [6.45, 7) is 20.9. The maximum absolute atomic E-state index is 13.3. The number of likely N-dealkylation sites (N-methyl/N-ethyl adjacent to an activating group) is 1. The van der Waals surface area contributed by atoms with Crippen molar-refractivity contribution in [3.05, 3.63) is 133 Å². The average Bonchev–Trinajstić information content (AvgIpc) is 3.98. The smallest absolute Gasteiger partial charge is 0.277 e. The maximum atomic E-state index is 13.3. The molecule has 0 atom stereocenters. The van der Waals surface area contributed by atoms with Crippen LogP contribution in [0, 0.1) is 13.8 Å². The van der Waals surface area contributed by atoms with Crippen molar-refractivity contribution in [3.8, 4) is 11.5 Å². The molecule has 0 saturated heterocycles. The predicted molar refractivity (Wildman–Crippen MR) is 261 cm³/mol. The van der Waals surface area contributed by atoms with Crippen molar-refractivity contribution in [2.75, 3.05) is 29.9 Å². The lowest BCUT2D eigenvalue weighted by atomic mass is 9.84. The predicted octanol–water partition coefficient (Wildman–Crippen LogP) is 9.35. The molecule has 6 heterocycles. The summed E-state index contributed by atoms with van der Waals surface area (Å²) in [6, 6.07) is 12.4. The van der Waals surface area contributed by atoms with Crippen LogP contribution in [0.3, 0.4) is 0 Å². The van der Waals surface area contributed by atoms with Gasteiger partial charge in [-0.25, -0.2) is 15.0 Å². The summed E-state index contributed by atoms with van der Waals surface area (Å²) in [5.74, 6) is 1.15. The second-order valence-corrected chi connectivity index (χ2v) is 17.2. The van der Waals surface area contributed by atoms with E-state index in [1.54, 1.807) is 23.1 Å². The van der Waals surface area contributed by atoms with Crippen LogP contribution in [0.4, 0.5) is 17.1 Å². The topological polar surface area (TPSA) is 135 Å². The van der Waals surface area contributed by atoms with Crippen LogP contribution >= 0.6 is 11.6 Å². The second kappa shape index (κ2) is 19.6. The van der Waals surface area contributed by atoms with E-state index in [4.69, 9.17) is 21.6 Å². The second-order valence-electron chi connectivity index (χ2n) is 16.8. The summed E-state index contributed by atoms with van der Waals surface area (Å²) >= 11 is 6.25. The molecule has 0 aliphatic carbocycles. The molecule has 4 aromatic heterocycles. The molecule has 0 unspecified atom stereocenters. The fourth-order valence-electron chi connectivity index (χ4n) is 8.44. The lowest BCUT2D eigenvalue weighted by molar-refractivity contribution is 0.640. The van der Waals surface area contributed by atoms with E-state index in [0.717, 1.165) is 95.8 Å². The molecule has 0 N–H and O–H groups in total. The Bertz CT molecular complexity index is 2900. The third kappa shape index (κ3) is 9.04. The minimum absolute atomic E-state index is 0.0345. The molecule has 0 saturated carbocycles. The summed E-state index contributed by atoms with van der Waals surface area (Å²) < 4.78 is 3.18. The summed E-state index contributed by atoms with van der Waals surface area (Å²) in [7, 11) is 2.09. The number of halogens is 1. The van der Waals surface area contributed by atoms with Crippen LogP contribution < -0.4 is 20.6 Å². The zero-order valence-electron chi connectivity index (χ0n) is 38.8. The van der Waals surface area contributed by atoms with Gasteiger partial charge in [0.05, 0.1) is 29.0 Å². The molecule has 14 heteroatoms. The molecule has 0 spiro atoms. The zero-order chi connectivity index (χ0) is 45.7. The first-order valence-electron chi connectivity index (χ1n) is 22.4. The van der Waals surface area contributed by atoms with Gasteiger partial charge in [0.15, 0.2) is 11.5 Å². The van der Waals surface area contributed by atoms with Gasteiger partial charge < -0.3 is 9.80 Å². The minimum atomic E-state index is -0.136. The Balaban J connectivity index is 0.000000191. The number of nitrogens with zero attached hydrogens (tertiary/aromatic N) is 12. The van der Waals surface area contributed by atoms with Gasteiger partial charge in [-0.1, -0.05) is 64.3 Å². The number of allylic oxidation sites excluding steroid dienone is 4. The van der Waals surface area contributed by atoms with Crippen molar-refractivity contribution < 1.29 is 0 Å². The molecule has 2 aromatic carbocycles. The molecule has 2 aliphatic heterocycles. The monoisotopic (exact) mass is 878 g/mol. The van der Waals surface area contributed by atoms with Gasteiger partial charge in [-0.2, -0.15) is 19.4 Å². The van der Waals surface area contributed by atoms with Gasteiger partial charge in [-0.05, 0) is 120 Å². The lowest BCUT2D eigenvalue weighted by Gasteiger charge is -2.23. The van der Waals surface area contributed by atoms with Crippen molar-refractivity contribution in [2.45, 2.75) is 106 Å². The van der Waals surface area contributed by atoms with Crippen LogP contribution in [0.5, 0.6) is 0 Å². The Morgan fingerprint density at radius 3 is 2.34 bits per heavy atom. The highest BCUT2D eigenvalue weighted by Gasteiger charge is 2.38. The van der Waals surface area contributed by atoms with E-state index in [1.165, 1.54) is 27.3 Å². The highest BCUT2D eigenvalue weighted by atomic mass is 35.5. The molecule has 13 nitrogen and oxygen atoms in total. The minimum Gasteiger partial charge on any atom is -0.372 e. The zero-order valence-corrected chi connectivity index (χ0v) is 39.6. The number of aryl methyl sites for hydroxylation is 3. The van der Waals surface area contributed by atoms with Crippen molar-refractivity contribution in [1.29, 1.82) is 0 Å². The van der Waals surface area contributed by atoms with Crippen molar-refractivity contribution in [3.63, 3.8) is 0 Å². The number of benzene rings is 2. The van der Waals surface area contributed by atoms with Crippen LogP contribution in [0.2, 0.25) is 5.02 Å². The Hall–Kier alpha value is -6.34. The molecular weight excluding hydrogens is 820 g/mol. The van der Waals surface area contributed by atoms with Crippen molar-refractivity contribution in [1.82, 2.24) is 39.4 Å². The first-order chi connectivity index (χ1) is 30.8. The van der Waals surface area contributed by atoms with Crippen LogP contribution in [-0.4, -0.2) is 71.0 Å². The first kappa shape index (κ1) is 45.7. The van der Waals surface area contributed by atoms with Gasteiger partial charge in [-0.15, -0.1) is 10.2 Å². The number of unbranched alkanes of at least 4 members (excludes halogenated alkanes) is 2. The van der Waals surface area contributed by atoms with Crippen molar-refractivity contribution >= 4 is 51.8 Å². The van der Waals surface area contributed by atoms with E-state index < -0.39 is 0 Å². The van der Waals surface area contributed by atoms with Gasteiger partial charge >= 0.3 is 0 Å². The van der Waals surface area contributed by atoms with E-state index in [0.29, 0.717) is 28.7 Å². The van der Waals surface area contributed by atoms with Crippen LogP contribution in [-0.2, 0) is 18.3 Å². The number of anilines is 2. The Morgan fingerprint density at radius 2 is 1.64 bits per heavy atom. The summed E-state index contributed by atoms with van der Waals surface area (Å²) in [5, 5.41) is 19.4. The van der Waals surface area contributed by atoms with Gasteiger partial charge in [-0.3, -0.25) is 9.78 Å². The molecule has 0 fully saturated rings. The normalized spacial score (nSPS) is 15.6. The van der Waals surface area contributed by atoms with E-state index in [1.807, 2.05) is 38.1 Å². The number of hydrogen-bond donors (Lipinski definition) is 0. The number of hydrogen-bond acceptors (Lipinski definition) is 11. The Morgan fingerprint density at radius 1 is 0.891 bits per heavy atom. The largest absolute Gasteiger partial charge is 0.372 e. The highest BCUT2D eigenvalue weighted by Crippen LogP contribution is 2.47. The van der Waals surface area contributed by atoms with Gasteiger partial charge in [0.1, 0.15) is 11.4 Å². The van der Waals surface area contributed by atoms with Gasteiger partial charge in [0.25, 0.3) is 5.56 Å². The Kier molecular flexibility index (Phi) is 14.0. The van der Waals surface area contributed by atoms with Crippen LogP contribution in [0.1, 0.15) is 108 Å². The summed E-state index contributed by atoms with van der Waals surface area (Å²) in [6.07, 6.45) is 18.8. The maximum Gasteiger partial charge on any atom is 0.277 e. The molecular formula is C50H59ClN12O. The molecule has 332 valence electrons. The molecule has 0 radical (unpaired) electrons. The standard InChI is InChI=1S/C26H37N5O.C24H22ClN7/c1-7-11-13-21-23(14-12-8-2)28-25-24(19(6)29-31(25)26(21)32)27-22-16-15-20(17-18(22)5)30(9-3)10-4;1-15-17(22-28-29-23(32(22)30-15)19-14-26-11-12-27-19)7-5-6-8-21-24(2,3)18-13-16(25)9-10-20(18)31(21)4/h15-17H,7-14H2,1-6H3;5-14H,1-4H3/b;6-5+,17-7-,21-8+. The Labute approximate surface area is 381 Å². The highest BCUT2D eigenvalue weighted by molar-refractivity contribution is 6.48. The SMILES string of the molecule is CCCCc1nc2n(c(=O)c1CCCC)N=C(C)C2=Nc1ccc(N(CC)CC)cc1C.Cc1nn2c(-c3cnccn3)nnc2\c1=C/C=C/C=C1/N(C)c2ccc(Cl)cc2C1(C)C. The van der Waals surface area contributed by atoms with Crippen molar-refractivity contribution in [2.24, 2.45) is 10.1 Å². The van der Waals surface area contributed by atoms with E-state index in [2.05, 4.69) is 132 Å². The molecule has 0 amide bonds. The first-order valence-corrected chi connectivity index (χ1v) is 22.8. The molecule has 0 bridgehead atoms. The van der Waals surface area contributed by atoms with E-state index >= 15 is 0 Å². The summed E-state index contributed by atoms with van der Waals surface area (Å²) in [4.78, 5) is 36.1. The summed E-state index contributed by atoms with van der Waals surface area (Å²) in [5.41, 5.74) is 12.0. The fraction of sp³-hybridized carbons (Fsp3) is 0.380. The third-order valence-corrected chi connectivity index (χ3v) is 12.3. The van der Waals surface area contributed by atoms with E-state index in [-0.39, 0.29) is 11.0 Å². The molecule has 2 aliphatic rings. The van der Waals surface area contributed by atoms with E-state index in [9.17, 15) is 4.79 Å². The molecule has 8 rings (SSSR count). The lowest BCUT2D eigenvalue weighted by Crippen LogP contribution is -2.27. The fourth-order valence-corrected chi connectivity index (χ4v) is 8.61. The van der Waals surface area contributed by atoms with Crippen LogP contribution in [0.15, 0.2) is 93.8 Å². The van der Waals surface area contributed by atoms with Gasteiger partial charge in [0, 0.05) is 70.8 Å². The average molecular weight is 880 g/mol. The number of aliphatic imine (C=N–C) groups is 1. The van der Waals surface area contributed by atoms with Gasteiger partial charge in [0.2, 0.25) is 5.82 Å². The molecule has 64 heavy (non-hydrogen) atoms. The third-order valence-electron chi connectivity index (χ3n) is 12.1. The quantitative estimate of drug-likeness (QED) is 0.111. The number of aromatic nitrogens is 8. The number of fused-ring (bicyclic) bond motifs is 3. The molecule has 6 aromatic rings. The van der Waals surface area contributed by atoms with Crippen LogP contribution in [0.25, 0.3) is 23.2 Å².